The summed E-state index contributed by atoms with van der Waals surface area (Å²) >= 11 is 4.90. The maximum Gasteiger partial charge on any atom is 0.414 e. The molecule has 1 aromatic rings. The molecule has 1 aromatic carbocycles. The minimum absolute atomic E-state index is 0.306. The second kappa shape index (κ2) is 6.35. The lowest BCUT2D eigenvalue weighted by atomic mass is 10.2. The molecule has 98 valence electrons. The van der Waals surface area contributed by atoms with Crippen LogP contribution in [0, 0.1) is 5.92 Å². The summed E-state index contributed by atoms with van der Waals surface area (Å²) in [5.41, 5.74) is 6.98. The molecule has 0 spiro atoms. The van der Waals surface area contributed by atoms with Gasteiger partial charge in [0.2, 0.25) is 0 Å². The highest BCUT2D eigenvalue weighted by molar-refractivity contribution is 7.80. The molecule has 0 atom stereocenters. The van der Waals surface area contributed by atoms with E-state index in [4.69, 9.17) is 22.7 Å². The first-order chi connectivity index (χ1) is 8.41. The molecule has 0 aliphatic heterocycles. The lowest BCUT2D eigenvalue weighted by molar-refractivity contribution is 0.141. The largest absolute Gasteiger partial charge is 0.449 e. The molecule has 0 saturated heterocycles. The van der Waals surface area contributed by atoms with Gasteiger partial charge in [-0.2, -0.15) is 0 Å². The molecule has 2 N–H and O–H groups in total. The van der Waals surface area contributed by atoms with Crippen LogP contribution in [0.2, 0.25) is 0 Å². The summed E-state index contributed by atoms with van der Waals surface area (Å²) in [5.74, 6) is 0.310. The van der Waals surface area contributed by atoms with E-state index >= 15 is 0 Å². The van der Waals surface area contributed by atoms with Gasteiger partial charge in [-0.05, 0) is 18.1 Å². The fourth-order valence-corrected chi connectivity index (χ4v) is 1.43. The van der Waals surface area contributed by atoms with Crippen LogP contribution < -0.4 is 10.6 Å². The fraction of sp³-hybridized carbons (Fsp3) is 0.385. The molecule has 18 heavy (non-hydrogen) atoms. The van der Waals surface area contributed by atoms with E-state index in [-0.39, 0.29) is 6.09 Å². The number of carbonyl (C=O) groups excluding carboxylic acids is 1. The molecule has 4 nitrogen and oxygen atoms in total. The number of hydrogen-bond donors (Lipinski definition) is 1. The molecule has 0 aliphatic rings. The highest BCUT2D eigenvalue weighted by atomic mass is 32.1. The smallest absolute Gasteiger partial charge is 0.414 e. The zero-order valence-corrected chi connectivity index (χ0v) is 11.7. The van der Waals surface area contributed by atoms with Crippen LogP contribution in [-0.2, 0) is 4.74 Å². The lowest BCUT2D eigenvalue weighted by Gasteiger charge is -2.18. The van der Waals surface area contributed by atoms with Gasteiger partial charge in [-0.3, -0.25) is 4.90 Å². The van der Waals surface area contributed by atoms with Crippen molar-refractivity contribution in [2.24, 2.45) is 11.7 Å². The summed E-state index contributed by atoms with van der Waals surface area (Å²) in [5, 5.41) is 0. The number of hydrogen-bond acceptors (Lipinski definition) is 3. The number of thiocarbonyl (C=S) groups is 1. The van der Waals surface area contributed by atoms with E-state index < -0.39 is 0 Å². The number of benzene rings is 1. The van der Waals surface area contributed by atoms with Crippen molar-refractivity contribution >= 4 is 29.0 Å². The predicted octanol–water partition coefficient (Wildman–Crippen LogP) is 2.55. The number of nitrogens with two attached hydrogens (primary N) is 1. The Hall–Kier alpha value is -1.62. The van der Waals surface area contributed by atoms with E-state index in [0.29, 0.717) is 23.2 Å². The Morgan fingerprint density at radius 1 is 1.50 bits per heavy atom. The summed E-state index contributed by atoms with van der Waals surface area (Å²) in [6.07, 6.45) is -0.385. The third-order valence-corrected chi connectivity index (χ3v) is 2.57. The summed E-state index contributed by atoms with van der Waals surface area (Å²) in [6.45, 7) is 4.37. The van der Waals surface area contributed by atoms with E-state index in [1.807, 2.05) is 13.8 Å². The molecular formula is C13H18N2O2S. The molecule has 5 heteroatoms. The van der Waals surface area contributed by atoms with E-state index in [2.05, 4.69) is 0 Å². The number of ether oxygens (including phenoxy) is 1. The van der Waals surface area contributed by atoms with Crippen molar-refractivity contribution in [1.29, 1.82) is 0 Å². The average molecular weight is 266 g/mol. The summed E-state index contributed by atoms with van der Waals surface area (Å²) < 4.78 is 5.14. The van der Waals surface area contributed by atoms with Crippen LogP contribution in [0.3, 0.4) is 0 Å². The first-order valence-corrected chi connectivity index (χ1v) is 6.13. The van der Waals surface area contributed by atoms with Crippen LogP contribution in [0.15, 0.2) is 24.3 Å². The van der Waals surface area contributed by atoms with Crippen molar-refractivity contribution in [2.45, 2.75) is 13.8 Å². The highest BCUT2D eigenvalue weighted by Crippen LogP contribution is 2.16. The summed E-state index contributed by atoms with van der Waals surface area (Å²) in [4.78, 5) is 13.5. The minimum atomic E-state index is -0.385. The Kier molecular flexibility index (Phi) is 5.09. The van der Waals surface area contributed by atoms with Gasteiger partial charge in [0.1, 0.15) is 4.99 Å². The molecule has 0 saturated carbocycles. The lowest BCUT2D eigenvalue weighted by Crippen LogP contribution is -2.28. The number of nitrogens with zero attached hydrogens (tertiary/aromatic N) is 1. The van der Waals surface area contributed by atoms with Crippen LogP contribution in [0.5, 0.6) is 0 Å². The first-order valence-electron chi connectivity index (χ1n) is 5.72. The summed E-state index contributed by atoms with van der Waals surface area (Å²) in [6, 6.07) is 7.17. The molecule has 0 aliphatic carbocycles. The van der Waals surface area contributed by atoms with Crippen molar-refractivity contribution in [3.05, 3.63) is 29.8 Å². The molecule has 1 rings (SSSR count). The van der Waals surface area contributed by atoms with Gasteiger partial charge in [-0.1, -0.05) is 38.2 Å². The van der Waals surface area contributed by atoms with Crippen LogP contribution in [0.4, 0.5) is 10.5 Å². The average Bonchev–Trinajstić information content (AvgIpc) is 2.35. The van der Waals surface area contributed by atoms with Gasteiger partial charge >= 0.3 is 6.09 Å². The van der Waals surface area contributed by atoms with Gasteiger partial charge in [-0.25, -0.2) is 4.79 Å². The minimum Gasteiger partial charge on any atom is -0.449 e. The van der Waals surface area contributed by atoms with Crippen LogP contribution in [-0.4, -0.2) is 24.7 Å². The maximum atomic E-state index is 11.8. The Bertz CT molecular complexity index is 446. The Morgan fingerprint density at radius 2 is 2.17 bits per heavy atom. The van der Waals surface area contributed by atoms with Crippen LogP contribution >= 0.6 is 12.2 Å². The van der Waals surface area contributed by atoms with E-state index in [1.165, 1.54) is 4.90 Å². The molecule has 0 unspecified atom stereocenters. The Labute approximate surface area is 113 Å². The second-order valence-electron chi connectivity index (χ2n) is 4.44. The van der Waals surface area contributed by atoms with E-state index in [0.717, 1.165) is 5.56 Å². The topological polar surface area (TPSA) is 55.6 Å². The van der Waals surface area contributed by atoms with Crippen LogP contribution in [0.1, 0.15) is 19.4 Å². The number of carbonyl (C=O) groups is 1. The van der Waals surface area contributed by atoms with Crippen molar-refractivity contribution in [3.8, 4) is 0 Å². The van der Waals surface area contributed by atoms with Gasteiger partial charge in [0.25, 0.3) is 0 Å². The zero-order valence-electron chi connectivity index (χ0n) is 10.8. The monoisotopic (exact) mass is 266 g/mol. The first kappa shape index (κ1) is 14.4. The second-order valence-corrected chi connectivity index (χ2v) is 4.88. The number of anilines is 1. The standard InChI is InChI=1S/C13H18N2O2S/c1-9(2)8-17-13(16)15(3)11-6-4-5-10(7-11)12(14)18/h4-7,9H,8H2,1-3H3,(H2,14,18). The van der Waals surface area contributed by atoms with Gasteiger partial charge in [0, 0.05) is 18.3 Å². The van der Waals surface area contributed by atoms with Crippen molar-refractivity contribution in [2.75, 3.05) is 18.6 Å². The Balaban J connectivity index is 2.77. The van der Waals surface area contributed by atoms with Crippen molar-refractivity contribution in [3.63, 3.8) is 0 Å². The normalized spacial score (nSPS) is 10.2. The third-order valence-electron chi connectivity index (χ3n) is 2.33. The molecular weight excluding hydrogens is 248 g/mol. The van der Waals surface area contributed by atoms with Gasteiger partial charge in [0.15, 0.2) is 0 Å². The van der Waals surface area contributed by atoms with E-state index in [9.17, 15) is 4.79 Å². The SMILES string of the molecule is CC(C)COC(=O)N(C)c1cccc(C(N)=S)c1. The molecule has 0 bridgehead atoms. The van der Waals surface area contributed by atoms with Crippen LogP contribution in [0.25, 0.3) is 0 Å². The third kappa shape index (κ3) is 4.00. The van der Waals surface area contributed by atoms with E-state index in [1.54, 1.807) is 31.3 Å². The molecule has 0 heterocycles. The van der Waals surface area contributed by atoms with Gasteiger partial charge in [-0.15, -0.1) is 0 Å². The molecule has 0 fully saturated rings. The quantitative estimate of drug-likeness (QED) is 0.851. The number of rotatable bonds is 4. The maximum absolute atomic E-state index is 11.8. The fourth-order valence-electron chi connectivity index (χ4n) is 1.31. The molecule has 0 aromatic heterocycles. The van der Waals surface area contributed by atoms with Crippen molar-refractivity contribution < 1.29 is 9.53 Å². The van der Waals surface area contributed by atoms with Gasteiger partial charge in [0.05, 0.1) is 6.61 Å². The number of amides is 1. The summed E-state index contributed by atoms with van der Waals surface area (Å²) in [7, 11) is 1.65. The Morgan fingerprint density at radius 3 is 2.72 bits per heavy atom. The predicted molar refractivity (Wildman–Crippen MR) is 76.9 cm³/mol. The van der Waals surface area contributed by atoms with Crippen molar-refractivity contribution in [1.82, 2.24) is 0 Å². The van der Waals surface area contributed by atoms with Gasteiger partial charge < -0.3 is 10.5 Å². The zero-order chi connectivity index (χ0) is 13.7. The highest BCUT2D eigenvalue weighted by Gasteiger charge is 2.13. The molecule has 0 radical (unpaired) electrons. The molecule has 1 amide bonds.